The van der Waals surface area contributed by atoms with Crippen molar-refractivity contribution in [2.45, 2.75) is 39.3 Å². The minimum absolute atomic E-state index is 0.0221. The highest BCUT2D eigenvalue weighted by atomic mass is 16.2. The summed E-state index contributed by atoms with van der Waals surface area (Å²) in [5.41, 5.74) is 6.69. The normalized spacial score (nSPS) is 18.9. The van der Waals surface area contributed by atoms with E-state index in [9.17, 15) is 14.4 Å². The van der Waals surface area contributed by atoms with Gasteiger partial charge in [0.25, 0.3) is 0 Å². The molecule has 1 unspecified atom stereocenters. The molecule has 3 N–H and O–H groups in total. The number of primary amides is 1. The van der Waals surface area contributed by atoms with Gasteiger partial charge in [-0.15, -0.1) is 0 Å². The van der Waals surface area contributed by atoms with Crippen LogP contribution in [0.5, 0.6) is 0 Å². The number of hydrogen-bond donors (Lipinski definition) is 2. The van der Waals surface area contributed by atoms with Crippen molar-refractivity contribution in [3.05, 3.63) is 29.8 Å². The van der Waals surface area contributed by atoms with Crippen molar-refractivity contribution in [2.75, 3.05) is 5.32 Å². The molecule has 1 aromatic rings. The minimum Gasteiger partial charge on any atom is -0.369 e. The molecule has 118 valence electrons. The molecule has 3 amide bonds. The van der Waals surface area contributed by atoms with Crippen molar-refractivity contribution in [1.29, 1.82) is 0 Å². The van der Waals surface area contributed by atoms with Gasteiger partial charge in [-0.05, 0) is 17.5 Å². The lowest BCUT2D eigenvalue weighted by atomic mass is 9.96. The SMILES string of the molecule is CCC(C)[C@H]1C(=O)Nc2ccccc2CN1C(=O)CC(N)=O. The van der Waals surface area contributed by atoms with Crippen LogP contribution in [0.25, 0.3) is 0 Å². The third-order valence-corrected chi connectivity index (χ3v) is 4.05. The lowest BCUT2D eigenvalue weighted by Gasteiger charge is -2.32. The highest BCUT2D eigenvalue weighted by molar-refractivity contribution is 6.02. The van der Waals surface area contributed by atoms with E-state index in [4.69, 9.17) is 5.73 Å². The maximum absolute atomic E-state index is 12.6. The number of nitrogens with two attached hydrogens (primary N) is 1. The molecule has 0 aromatic heterocycles. The molecule has 0 bridgehead atoms. The van der Waals surface area contributed by atoms with Crippen LogP contribution >= 0.6 is 0 Å². The number of amides is 3. The van der Waals surface area contributed by atoms with Crippen molar-refractivity contribution in [1.82, 2.24) is 4.90 Å². The highest BCUT2D eigenvalue weighted by Crippen LogP contribution is 2.27. The Hall–Kier alpha value is -2.37. The van der Waals surface area contributed by atoms with Crippen LogP contribution in [0.1, 0.15) is 32.3 Å². The van der Waals surface area contributed by atoms with Gasteiger partial charge >= 0.3 is 0 Å². The number of para-hydroxylation sites is 1. The number of fused-ring (bicyclic) bond motifs is 1. The van der Waals surface area contributed by atoms with Crippen molar-refractivity contribution in [2.24, 2.45) is 11.7 Å². The molecule has 0 radical (unpaired) electrons. The molecule has 1 aliphatic heterocycles. The summed E-state index contributed by atoms with van der Waals surface area (Å²) < 4.78 is 0. The Kier molecular flexibility index (Phi) is 4.80. The average molecular weight is 303 g/mol. The second-order valence-corrected chi connectivity index (χ2v) is 5.64. The van der Waals surface area contributed by atoms with E-state index < -0.39 is 17.9 Å². The summed E-state index contributed by atoms with van der Waals surface area (Å²) >= 11 is 0. The van der Waals surface area contributed by atoms with Gasteiger partial charge in [-0.2, -0.15) is 0 Å². The maximum Gasteiger partial charge on any atom is 0.247 e. The number of carbonyl (C=O) groups excluding carboxylic acids is 3. The first-order chi connectivity index (χ1) is 10.4. The van der Waals surface area contributed by atoms with Crippen LogP contribution in [0.2, 0.25) is 0 Å². The number of benzene rings is 1. The van der Waals surface area contributed by atoms with E-state index in [1.165, 1.54) is 4.90 Å². The molecule has 2 rings (SSSR count). The summed E-state index contributed by atoms with van der Waals surface area (Å²) in [6.45, 7) is 4.17. The molecule has 0 aliphatic carbocycles. The predicted molar refractivity (Wildman–Crippen MR) is 82.7 cm³/mol. The largest absolute Gasteiger partial charge is 0.369 e. The monoisotopic (exact) mass is 303 g/mol. The minimum atomic E-state index is -0.689. The lowest BCUT2D eigenvalue weighted by Crippen LogP contribution is -2.49. The van der Waals surface area contributed by atoms with Gasteiger partial charge < -0.3 is 16.0 Å². The van der Waals surface area contributed by atoms with E-state index in [1.807, 2.05) is 38.1 Å². The number of nitrogens with zero attached hydrogens (tertiary/aromatic N) is 1. The summed E-state index contributed by atoms with van der Waals surface area (Å²) in [5, 5.41) is 2.88. The molecule has 1 heterocycles. The van der Waals surface area contributed by atoms with Gasteiger partial charge in [-0.1, -0.05) is 38.5 Å². The average Bonchev–Trinajstić information content (AvgIpc) is 2.61. The van der Waals surface area contributed by atoms with Crippen molar-refractivity contribution >= 4 is 23.4 Å². The summed E-state index contributed by atoms with van der Waals surface area (Å²) in [5.74, 6) is -1.35. The predicted octanol–water partition coefficient (Wildman–Crippen LogP) is 1.26. The molecule has 1 aliphatic rings. The molecule has 0 fully saturated rings. The number of anilines is 1. The fourth-order valence-electron chi connectivity index (χ4n) is 2.69. The van der Waals surface area contributed by atoms with E-state index >= 15 is 0 Å². The van der Waals surface area contributed by atoms with Crippen LogP contribution < -0.4 is 11.1 Å². The van der Waals surface area contributed by atoms with Crippen LogP contribution in [0, 0.1) is 5.92 Å². The molecular weight excluding hydrogens is 282 g/mol. The molecule has 2 atom stereocenters. The molecule has 22 heavy (non-hydrogen) atoms. The number of carbonyl (C=O) groups is 3. The zero-order chi connectivity index (χ0) is 16.3. The van der Waals surface area contributed by atoms with E-state index in [1.54, 1.807) is 0 Å². The Balaban J connectivity index is 2.41. The van der Waals surface area contributed by atoms with Crippen LogP contribution in [0.3, 0.4) is 0 Å². The Morgan fingerprint density at radius 1 is 1.41 bits per heavy atom. The van der Waals surface area contributed by atoms with Crippen molar-refractivity contribution < 1.29 is 14.4 Å². The lowest BCUT2D eigenvalue weighted by molar-refractivity contribution is -0.143. The van der Waals surface area contributed by atoms with Crippen molar-refractivity contribution in [3.8, 4) is 0 Å². The van der Waals surface area contributed by atoms with E-state index in [0.29, 0.717) is 5.69 Å². The zero-order valence-electron chi connectivity index (χ0n) is 12.8. The summed E-state index contributed by atoms with van der Waals surface area (Å²) in [6.07, 6.45) is 0.358. The molecule has 1 aromatic carbocycles. The maximum atomic E-state index is 12.6. The quantitative estimate of drug-likeness (QED) is 0.820. The number of rotatable bonds is 4. The molecular formula is C16H21N3O3. The third-order valence-electron chi connectivity index (χ3n) is 4.05. The van der Waals surface area contributed by atoms with Crippen molar-refractivity contribution in [3.63, 3.8) is 0 Å². The first-order valence-electron chi connectivity index (χ1n) is 7.40. The summed E-state index contributed by atoms with van der Waals surface area (Å²) in [6, 6.07) is 6.75. The molecule has 0 saturated heterocycles. The van der Waals surface area contributed by atoms with E-state index in [-0.39, 0.29) is 24.8 Å². The van der Waals surface area contributed by atoms with Gasteiger partial charge in [0, 0.05) is 12.2 Å². The molecule has 6 nitrogen and oxygen atoms in total. The van der Waals surface area contributed by atoms with Crippen LogP contribution in [-0.2, 0) is 20.9 Å². The number of nitrogens with one attached hydrogen (secondary N) is 1. The second-order valence-electron chi connectivity index (χ2n) is 5.64. The number of hydrogen-bond acceptors (Lipinski definition) is 3. The fraction of sp³-hybridized carbons (Fsp3) is 0.438. The smallest absolute Gasteiger partial charge is 0.247 e. The van der Waals surface area contributed by atoms with Crippen LogP contribution in [0.4, 0.5) is 5.69 Å². The molecule has 6 heteroatoms. The molecule has 0 saturated carbocycles. The van der Waals surface area contributed by atoms with Gasteiger partial charge in [0.1, 0.15) is 12.5 Å². The van der Waals surface area contributed by atoms with Gasteiger partial charge in [0.15, 0.2) is 0 Å². The van der Waals surface area contributed by atoms with Gasteiger partial charge in [-0.25, -0.2) is 0 Å². The fourth-order valence-corrected chi connectivity index (χ4v) is 2.69. The van der Waals surface area contributed by atoms with Gasteiger partial charge in [0.2, 0.25) is 17.7 Å². The van der Waals surface area contributed by atoms with Crippen LogP contribution in [-0.4, -0.2) is 28.7 Å². The standard InChI is InChI=1S/C16H21N3O3/c1-3-10(2)15-16(22)18-12-7-5-4-6-11(12)9-19(15)14(21)8-13(17)20/h4-7,10,15H,3,8-9H2,1-2H3,(H2,17,20)(H,18,22)/t10?,15-/m0/s1. The molecule has 0 spiro atoms. The topological polar surface area (TPSA) is 92.5 Å². The van der Waals surface area contributed by atoms with Gasteiger partial charge in [-0.3, -0.25) is 14.4 Å². The van der Waals surface area contributed by atoms with E-state index in [2.05, 4.69) is 5.32 Å². The summed E-state index contributed by atoms with van der Waals surface area (Å²) in [4.78, 5) is 37.5. The summed E-state index contributed by atoms with van der Waals surface area (Å²) in [7, 11) is 0. The highest BCUT2D eigenvalue weighted by Gasteiger charge is 2.36. The van der Waals surface area contributed by atoms with E-state index in [0.717, 1.165) is 12.0 Å². The zero-order valence-corrected chi connectivity index (χ0v) is 12.8. The Morgan fingerprint density at radius 3 is 2.73 bits per heavy atom. The van der Waals surface area contributed by atoms with Gasteiger partial charge in [0.05, 0.1) is 0 Å². The first kappa shape index (κ1) is 16.0. The third kappa shape index (κ3) is 3.27. The second kappa shape index (κ2) is 6.60. The first-order valence-corrected chi connectivity index (χ1v) is 7.40. The Bertz CT molecular complexity index is 600. The Morgan fingerprint density at radius 2 is 2.09 bits per heavy atom. The Labute approximate surface area is 129 Å². The van der Waals surface area contributed by atoms with Crippen LogP contribution in [0.15, 0.2) is 24.3 Å².